The van der Waals surface area contributed by atoms with Crippen LogP contribution in [0, 0.1) is 17.3 Å². The van der Waals surface area contributed by atoms with Crippen molar-refractivity contribution in [3.05, 3.63) is 41.7 Å². The van der Waals surface area contributed by atoms with Gasteiger partial charge in [0.25, 0.3) is 0 Å². The number of carbonyl (C=O) groups is 2. The van der Waals surface area contributed by atoms with Crippen molar-refractivity contribution < 1.29 is 24.2 Å². The van der Waals surface area contributed by atoms with Crippen LogP contribution in [-0.2, 0) is 25.5 Å². The van der Waals surface area contributed by atoms with Gasteiger partial charge in [-0.1, -0.05) is 26.0 Å². The van der Waals surface area contributed by atoms with Crippen LogP contribution in [0.1, 0.15) is 54.0 Å². The largest absolute Gasteiger partial charge is 0.500 e. The number of nitrogens with zero attached hydrogens (tertiary/aromatic N) is 1. The Morgan fingerprint density at radius 1 is 1.06 bits per heavy atom. The maximum atomic E-state index is 13.3. The van der Waals surface area contributed by atoms with Gasteiger partial charge in [-0.3, -0.25) is 4.79 Å². The van der Waals surface area contributed by atoms with E-state index in [0.717, 1.165) is 11.3 Å². The minimum Gasteiger partial charge on any atom is -0.500 e. The standard InChI is InChI=1S/C26H41NO5/c1-17(15-19-11-13-20(14-12-19)27(8)9)23(29)18(2)24(30)26(6,7)21(31-10)16-22(28)32-25(3,4)5/h11-14,16-18,23,29H,15H2,1-10H3/b21-16-/t17-,18-,23+/m1/s1. The van der Waals surface area contributed by atoms with Crippen LogP contribution in [0.2, 0.25) is 0 Å². The fourth-order valence-electron chi connectivity index (χ4n) is 3.69. The van der Waals surface area contributed by atoms with E-state index in [2.05, 4.69) is 0 Å². The molecule has 0 saturated carbocycles. The zero-order chi connectivity index (χ0) is 24.9. The number of allylic oxidation sites excluding steroid dienone is 1. The number of methoxy groups -OCH3 is 1. The van der Waals surface area contributed by atoms with E-state index in [0.29, 0.717) is 6.42 Å². The molecule has 0 heterocycles. The number of anilines is 1. The lowest BCUT2D eigenvalue weighted by Crippen LogP contribution is -2.40. The van der Waals surface area contributed by atoms with Crippen LogP contribution >= 0.6 is 0 Å². The number of Topliss-reactive ketones (excluding diaryl/α,β-unsaturated/α-hetero) is 1. The zero-order valence-corrected chi connectivity index (χ0v) is 21.4. The van der Waals surface area contributed by atoms with Gasteiger partial charge in [-0.15, -0.1) is 0 Å². The topological polar surface area (TPSA) is 76.1 Å². The summed E-state index contributed by atoms with van der Waals surface area (Å²) >= 11 is 0. The number of esters is 1. The number of aliphatic hydroxyl groups excluding tert-OH is 1. The second kappa shape index (κ2) is 11.0. The zero-order valence-electron chi connectivity index (χ0n) is 21.4. The summed E-state index contributed by atoms with van der Waals surface area (Å²) in [6.45, 7) is 12.4. The molecule has 6 heteroatoms. The summed E-state index contributed by atoms with van der Waals surface area (Å²) in [6, 6.07) is 8.17. The van der Waals surface area contributed by atoms with Crippen LogP contribution in [0.25, 0.3) is 0 Å². The molecule has 1 aromatic rings. The average Bonchev–Trinajstić information content (AvgIpc) is 2.69. The molecule has 1 N–H and O–H groups in total. The Balaban J connectivity index is 2.94. The number of benzene rings is 1. The third-order valence-corrected chi connectivity index (χ3v) is 5.63. The van der Waals surface area contributed by atoms with Crippen molar-refractivity contribution in [2.75, 3.05) is 26.1 Å². The molecule has 0 radical (unpaired) electrons. The summed E-state index contributed by atoms with van der Waals surface area (Å²) in [6.07, 6.45) is 1.03. The molecular formula is C26H41NO5. The van der Waals surface area contributed by atoms with Gasteiger partial charge < -0.3 is 19.5 Å². The van der Waals surface area contributed by atoms with Crippen LogP contribution in [0.4, 0.5) is 5.69 Å². The lowest BCUT2D eigenvalue weighted by Gasteiger charge is -2.32. The highest BCUT2D eigenvalue weighted by Gasteiger charge is 2.40. The summed E-state index contributed by atoms with van der Waals surface area (Å²) in [5.41, 5.74) is 0.461. The molecule has 0 aliphatic heterocycles. The van der Waals surface area contributed by atoms with E-state index in [1.165, 1.54) is 13.2 Å². The molecule has 180 valence electrons. The fourth-order valence-corrected chi connectivity index (χ4v) is 3.69. The first-order valence-electron chi connectivity index (χ1n) is 11.1. The van der Waals surface area contributed by atoms with Gasteiger partial charge in [-0.25, -0.2) is 4.79 Å². The van der Waals surface area contributed by atoms with Gasteiger partial charge in [0.2, 0.25) is 0 Å². The van der Waals surface area contributed by atoms with Gasteiger partial charge in [0.1, 0.15) is 11.4 Å². The third kappa shape index (κ3) is 7.66. The number of rotatable bonds is 10. The van der Waals surface area contributed by atoms with Crippen LogP contribution < -0.4 is 4.90 Å². The molecule has 3 atom stereocenters. The number of hydrogen-bond acceptors (Lipinski definition) is 6. The Morgan fingerprint density at radius 3 is 2.03 bits per heavy atom. The fraction of sp³-hybridized carbons (Fsp3) is 0.615. The summed E-state index contributed by atoms with van der Waals surface area (Å²) < 4.78 is 10.7. The van der Waals surface area contributed by atoms with Crippen molar-refractivity contribution in [1.82, 2.24) is 0 Å². The molecular weight excluding hydrogens is 406 g/mol. The summed E-state index contributed by atoms with van der Waals surface area (Å²) in [7, 11) is 5.40. The van der Waals surface area contributed by atoms with Crippen molar-refractivity contribution in [2.24, 2.45) is 17.3 Å². The predicted octanol–water partition coefficient (Wildman–Crippen LogP) is 4.40. The molecule has 0 fully saturated rings. The molecule has 1 aromatic carbocycles. The number of ether oxygens (including phenoxy) is 2. The molecule has 0 aliphatic rings. The molecule has 1 rings (SSSR count). The highest BCUT2D eigenvalue weighted by atomic mass is 16.6. The first-order chi connectivity index (χ1) is 14.6. The monoisotopic (exact) mass is 447 g/mol. The SMILES string of the molecule is CO/C(=C\C(=O)OC(C)(C)C)C(C)(C)C(=O)[C@H](C)[C@@H](O)[C@H](C)Cc1ccc(N(C)C)cc1. The van der Waals surface area contributed by atoms with E-state index in [1.807, 2.05) is 50.2 Å². The van der Waals surface area contributed by atoms with Crippen molar-refractivity contribution in [3.63, 3.8) is 0 Å². The van der Waals surface area contributed by atoms with E-state index < -0.39 is 29.0 Å². The van der Waals surface area contributed by atoms with Crippen LogP contribution in [0.15, 0.2) is 36.1 Å². The second-order valence-corrected chi connectivity index (χ2v) is 10.3. The molecule has 0 aliphatic carbocycles. The Labute approximate surface area is 193 Å². The molecule has 0 spiro atoms. The predicted molar refractivity (Wildman–Crippen MR) is 129 cm³/mol. The lowest BCUT2D eigenvalue weighted by atomic mass is 9.75. The average molecular weight is 448 g/mol. The maximum Gasteiger partial charge on any atom is 0.334 e. The first kappa shape index (κ1) is 27.7. The molecule has 6 nitrogen and oxygen atoms in total. The quantitative estimate of drug-likeness (QED) is 0.326. The van der Waals surface area contributed by atoms with Crippen LogP contribution in [0.3, 0.4) is 0 Å². The van der Waals surface area contributed by atoms with Crippen LogP contribution in [0.5, 0.6) is 0 Å². The van der Waals surface area contributed by atoms with Gasteiger partial charge >= 0.3 is 5.97 Å². The number of ketones is 1. The van der Waals surface area contributed by atoms with E-state index in [1.54, 1.807) is 41.5 Å². The Kier molecular flexibility index (Phi) is 9.51. The number of aliphatic hydroxyl groups is 1. The lowest BCUT2D eigenvalue weighted by molar-refractivity contribution is -0.148. The van der Waals surface area contributed by atoms with Gasteiger partial charge in [0, 0.05) is 25.7 Å². The number of carbonyl (C=O) groups excluding carboxylic acids is 2. The Bertz CT molecular complexity index is 803. The molecule has 0 saturated heterocycles. The molecule has 0 bridgehead atoms. The molecule has 0 amide bonds. The van der Waals surface area contributed by atoms with Crippen molar-refractivity contribution in [1.29, 1.82) is 0 Å². The Hall–Kier alpha value is -2.34. The molecule has 0 aromatic heterocycles. The summed E-state index contributed by atoms with van der Waals surface area (Å²) in [4.78, 5) is 27.6. The van der Waals surface area contributed by atoms with Crippen molar-refractivity contribution in [3.8, 4) is 0 Å². The van der Waals surface area contributed by atoms with E-state index in [4.69, 9.17) is 9.47 Å². The highest BCUT2D eigenvalue weighted by molar-refractivity contribution is 5.91. The second-order valence-electron chi connectivity index (χ2n) is 10.3. The highest BCUT2D eigenvalue weighted by Crippen LogP contribution is 2.34. The van der Waals surface area contributed by atoms with Gasteiger partial charge in [-0.2, -0.15) is 0 Å². The van der Waals surface area contributed by atoms with Gasteiger partial charge in [0.05, 0.1) is 24.7 Å². The summed E-state index contributed by atoms with van der Waals surface area (Å²) in [5.74, 6) is -1.33. The maximum absolute atomic E-state index is 13.3. The first-order valence-corrected chi connectivity index (χ1v) is 11.1. The van der Waals surface area contributed by atoms with Crippen LogP contribution in [-0.4, -0.2) is 49.8 Å². The van der Waals surface area contributed by atoms with Crippen molar-refractivity contribution >= 4 is 17.4 Å². The minimum absolute atomic E-state index is 0.129. The smallest absolute Gasteiger partial charge is 0.334 e. The van der Waals surface area contributed by atoms with Crippen molar-refractivity contribution in [2.45, 2.75) is 66.6 Å². The third-order valence-electron chi connectivity index (χ3n) is 5.63. The molecule has 32 heavy (non-hydrogen) atoms. The number of hydrogen-bond donors (Lipinski definition) is 1. The van der Waals surface area contributed by atoms with E-state index >= 15 is 0 Å². The van der Waals surface area contributed by atoms with Gasteiger partial charge in [0.15, 0.2) is 5.78 Å². The minimum atomic E-state index is -1.10. The van der Waals surface area contributed by atoms with E-state index in [9.17, 15) is 14.7 Å². The van der Waals surface area contributed by atoms with E-state index in [-0.39, 0.29) is 17.5 Å². The summed E-state index contributed by atoms with van der Waals surface area (Å²) in [5, 5.41) is 10.9. The normalized spacial score (nSPS) is 15.5. The molecule has 0 unspecified atom stereocenters. The van der Waals surface area contributed by atoms with Gasteiger partial charge in [-0.05, 0) is 64.7 Å². The Morgan fingerprint density at radius 2 is 1.59 bits per heavy atom.